The molecule has 0 radical (unpaired) electrons. The number of carbonyl (C=O) groups is 1. The van der Waals surface area contributed by atoms with Gasteiger partial charge in [-0.15, -0.1) is 0 Å². The number of pyridine rings is 1. The highest BCUT2D eigenvalue weighted by Crippen LogP contribution is 2.13. The van der Waals surface area contributed by atoms with Gasteiger partial charge < -0.3 is 10.1 Å². The Morgan fingerprint density at radius 1 is 1.48 bits per heavy atom. The van der Waals surface area contributed by atoms with E-state index in [4.69, 9.17) is 4.74 Å². The van der Waals surface area contributed by atoms with Crippen LogP contribution in [0.1, 0.15) is 24.2 Å². The van der Waals surface area contributed by atoms with E-state index in [1.54, 1.807) is 12.4 Å². The van der Waals surface area contributed by atoms with Gasteiger partial charge in [-0.1, -0.05) is 0 Å². The molecule has 6 heteroatoms. The Bertz CT molecular complexity index is 632. The third kappa shape index (κ3) is 3.11. The second-order valence-corrected chi connectivity index (χ2v) is 5.09. The molecule has 0 aliphatic carbocycles. The molecule has 0 bridgehead atoms. The summed E-state index contributed by atoms with van der Waals surface area (Å²) in [6, 6.07) is 3.84. The Labute approximate surface area is 123 Å². The van der Waals surface area contributed by atoms with Crippen molar-refractivity contribution >= 4 is 5.91 Å². The van der Waals surface area contributed by atoms with Crippen molar-refractivity contribution in [2.45, 2.75) is 32.4 Å². The van der Waals surface area contributed by atoms with Gasteiger partial charge in [-0.3, -0.25) is 9.36 Å². The predicted molar refractivity (Wildman–Crippen MR) is 76.9 cm³/mol. The highest BCUT2D eigenvalue weighted by molar-refractivity contribution is 5.80. The van der Waals surface area contributed by atoms with E-state index in [1.807, 2.05) is 29.8 Å². The van der Waals surface area contributed by atoms with Crippen LogP contribution in [0.25, 0.3) is 5.82 Å². The average molecular weight is 286 g/mol. The fraction of sp³-hybridized carbons (Fsp3) is 0.400. The largest absolute Gasteiger partial charge is 0.368 e. The molecule has 1 N–H and O–H groups in total. The molecular weight excluding hydrogens is 268 g/mol. The van der Waals surface area contributed by atoms with Gasteiger partial charge in [0, 0.05) is 31.7 Å². The van der Waals surface area contributed by atoms with E-state index in [1.165, 1.54) is 0 Å². The number of amides is 1. The Kier molecular flexibility index (Phi) is 3.96. The second-order valence-electron chi connectivity index (χ2n) is 5.09. The first-order valence-electron chi connectivity index (χ1n) is 7.08. The summed E-state index contributed by atoms with van der Waals surface area (Å²) in [5.41, 5.74) is 0.999. The summed E-state index contributed by atoms with van der Waals surface area (Å²) in [4.78, 5) is 20.4. The van der Waals surface area contributed by atoms with E-state index in [-0.39, 0.29) is 12.0 Å². The molecule has 21 heavy (non-hydrogen) atoms. The van der Waals surface area contributed by atoms with Crippen molar-refractivity contribution in [3.8, 4) is 5.82 Å². The van der Waals surface area contributed by atoms with Gasteiger partial charge in [-0.05, 0) is 37.5 Å². The van der Waals surface area contributed by atoms with Crippen molar-refractivity contribution in [2.24, 2.45) is 0 Å². The minimum absolute atomic E-state index is 0.0373. The molecule has 0 spiro atoms. The molecule has 1 atom stereocenters. The van der Waals surface area contributed by atoms with Gasteiger partial charge in [0.05, 0.1) is 0 Å². The zero-order valence-electron chi connectivity index (χ0n) is 12.0. The molecule has 1 fully saturated rings. The van der Waals surface area contributed by atoms with E-state index in [0.717, 1.165) is 30.0 Å². The van der Waals surface area contributed by atoms with Crippen molar-refractivity contribution in [2.75, 3.05) is 6.61 Å². The van der Waals surface area contributed by atoms with Gasteiger partial charge in [0.25, 0.3) is 0 Å². The number of rotatable bonds is 4. The lowest BCUT2D eigenvalue weighted by Gasteiger charge is -2.11. The summed E-state index contributed by atoms with van der Waals surface area (Å²) in [6.07, 6.45) is 6.82. The predicted octanol–water partition coefficient (Wildman–Crippen LogP) is 1.37. The van der Waals surface area contributed by atoms with Crippen LogP contribution < -0.4 is 5.32 Å². The third-order valence-corrected chi connectivity index (χ3v) is 3.57. The number of imidazole rings is 1. The molecule has 110 valence electrons. The van der Waals surface area contributed by atoms with E-state index in [9.17, 15) is 4.79 Å². The number of hydrogen-bond acceptors (Lipinski definition) is 4. The molecule has 2 aromatic rings. The molecule has 3 heterocycles. The van der Waals surface area contributed by atoms with Crippen LogP contribution in [0, 0.1) is 6.92 Å². The Morgan fingerprint density at radius 2 is 2.38 bits per heavy atom. The van der Waals surface area contributed by atoms with Crippen molar-refractivity contribution in [1.82, 2.24) is 19.9 Å². The molecule has 0 saturated carbocycles. The molecule has 1 unspecified atom stereocenters. The lowest BCUT2D eigenvalue weighted by molar-refractivity contribution is -0.130. The highest BCUT2D eigenvalue weighted by atomic mass is 16.5. The van der Waals surface area contributed by atoms with Crippen LogP contribution in [0.5, 0.6) is 0 Å². The fourth-order valence-electron chi connectivity index (χ4n) is 2.41. The zero-order valence-corrected chi connectivity index (χ0v) is 12.0. The van der Waals surface area contributed by atoms with Gasteiger partial charge in [0.2, 0.25) is 5.91 Å². The van der Waals surface area contributed by atoms with Gasteiger partial charge in [-0.2, -0.15) is 0 Å². The molecule has 3 rings (SSSR count). The van der Waals surface area contributed by atoms with Crippen molar-refractivity contribution in [3.63, 3.8) is 0 Å². The maximum Gasteiger partial charge on any atom is 0.249 e. The van der Waals surface area contributed by atoms with Crippen LogP contribution in [0.2, 0.25) is 0 Å². The third-order valence-electron chi connectivity index (χ3n) is 3.57. The summed E-state index contributed by atoms with van der Waals surface area (Å²) in [6.45, 7) is 3.08. The first-order chi connectivity index (χ1) is 10.2. The smallest absolute Gasteiger partial charge is 0.249 e. The standard InChI is InChI=1S/C15H18N4O2/c1-11-16-6-7-19(11)14-9-12(4-5-17-14)10-18-15(20)13-3-2-8-21-13/h4-7,9,13H,2-3,8,10H2,1H3,(H,18,20). The summed E-state index contributed by atoms with van der Waals surface area (Å²) >= 11 is 0. The maximum absolute atomic E-state index is 11.9. The van der Waals surface area contributed by atoms with E-state index in [0.29, 0.717) is 13.2 Å². The summed E-state index contributed by atoms with van der Waals surface area (Å²) in [5, 5.41) is 2.91. The molecule has 1 aliphatic heterocycles. The van der Waals surface area contributed by atoms with Gasteiger partial charge >= 0.3 is 0 Å². The van der Waals surface area contributed by atoms with E-state index >= 15 is 0 Å². The van der Waals surface area contributed by atoms with Crippen molar-refractivity contribution in [3.05, 3.63) is 42.1 Å². The van der Waals surface area contributed by atoms with E-state index in [2.05, 4.69) is 15.3 Å². The summed E-state index contributed by atoms with van der Waals surface area (Å²) in [5.74, 6) is 1.64. The SMILES string of the molecule is Cc1nccn1-c1cc(CNC(=O)C2CCCO2)ccn1. The number of aryl methyl sites for hydroxylation is 1. The maximum atomic E-state index is 11.9. The fourth-order valence-corrected chi connectivity index (χ4v) is 2.41. The van der Waals surface area contributed by atoms with Gasteiger partial charge in [0.1, 0.15) is 17.7 Å². The number of nitrogens with zero attached hydrogens (tertiary/aromatic N) is 3. The van der Waals surface area contributed by atoms with Crippen molar-refractivity contribution in [1.29, 1.82) is 0 Å². The molecule has 2 aromatic heterocycles. The van der Waals surface area contributed by atoms with Crippen LogP contribution >= 0.6 is 0 Å². The van der Waals surface area contributed by atoms with Crippen LogP contribution in [-0.4, -0.2) is 33.2 Å². The molecule has 1 amide bonds. The number of nitrogens with one attached hydrogen (secondary N) is 1. The monoisotopic (exact) mass is 286 g/mol. The average Bonchev–Trinajstić information content (AvgIpc) is 3.16. The number of aromatic nitrogens is 3. The molecule has 6 nitrogen and oxygen atoms in total. The van der Waals surface area contributed by atoms with Gasteiger partial charge in [-0.25, -0.2) is 9.97 Å². The number of ether oxygens (including phenoxy) is 1. The minimum Gasteiger partial charge on any atom is -0.368 e. The quantitative estimate of drug-likeness (QED) is 0.921. The zero-order chi connectivity index (χ0) is 14.7. The van der Waals surface area contributed by atoms with Crippen LogP contribution in [0.4, 0.5) is 0 Å². The number of carbonyl (C=O) groups excluding carboxylic acids is 1. The summed E-state index contributed by atoms with van der Waals surface area (Å²) in [7, 11) is 0. The second kappa shape index (κ2) is 6.05. The summed E-state index contributed by atoms with van der Waals surface area (Å²) < 4.78 is 7.27. The molecule has 0 aromatic carbocycles. The Morgan fingerprint density at radius 3 is 3.10 bits per heavy atom. The van der Waals surface area contributed by atoms with Crippen molar-refractivity contribution < 1.29 is 9.53 Å². The van der Waals surface area contributed by atoms with Crippen LogP contribution in [0.15, 0.2) is 30.7 Å². The van der Waals surface area contributed by atoms with Crippen LogP contribution in [0.3, 0.4) is 0 Å². The number of hydrogen-bond donors (Lipinski definition) is 1. The van der Waals surface area contributed by atoms with Crippen LogP contribution in [-0.2, 0) is 16.1 Å². The first kappa shape index (κ1) is 13.8. The normalized spacial score (nSPS) is 17.9. The Balaban J connectivity index is 1.66. The molecule has 1 aliphatic rings. The lowest BCUT2D eigenvalue weighted by atomic mass is 10.2. The molecular formula is C15H18N4O2. The van der Waals surface area contributed by atoms with Gasteiger partial charge in [0.15, 0.2) is 0 Å². The molecule has 1 saturated heterocycles. The lowest BCUT2D eigenvalue weighted by Crippen LogP contribution is -2.33. The minimum atomic E-state index is -0.290. The van der Waals surface area contributed by atoms with E-state index < -0.39 is 0 Å². The first-order valence-corrected chi connectivity index (χ1v) is 7.08. The topological polar surface area (TPSA) is 69.0 Å². The Hall–Kier alpha value is -2.21. The highest BCUT2D eigenvalue weighted by Gasteiger charge is 2.22.